The van der Waals surface area contributed by atoms with Crippen molar-refractivity contribution in [2.24, 2.45) is 0 Å². The van der Waals surface area contributed by atoms with Crippen molar-refractivity contribution in [3.05, 3.63) is 76.1 Å². The van der Waals surface area contributed by atoms with Crippen LogP contribution in [-0.4, -0.2) is 16.1 Å². The fourth-order valence-corrected chi connectivity index (χ4v) is 4.88. The average Bonchev–Trinajstić information content (AvgIpc) is 3.27. The van der Waals surface area contributed by atoms with Crippen LogP contribution in [0.5, 0.6) is 0 Å². The molecule has 0 unspecified atom stereocenters. The van der Waals surface area contributed by atoms with Crippen molar-refractivity contribution >= 4 is 39.3 Å². The van der Waals surface area contributed by atoms with Crippen LogP contribution in [0.25, 0.3) is 10.2 Å². The number of aromatic nitrogens is 2. The molecule has 0 spiro atoms. The SMILES string of the molecule is Cc1noc(C)c1CSc1ccccc1C(=O)OCc1nc2ccccc2s1. The van der Waals surface area contributed by atoms with Crippen LogP contribution in [0.2, 0.25) is 0 Å². The van der Waals surface area contributed by atoms with Crippen LogP contribution in [0.1, 0.15) is 32.4 Å². The molecule has 0 aliphatic heterocycles. The number of ether oxygens (including phenoxy) is 1. The number of fused-ring (bicyclic) bond motifs is 1. The van der Waals surface area contributed by atoms with Gasteiger partial charge in [0.1, 0.15) is 17.4 Å². The highest BCUT2D eigenvalue weighted by Crippen LogP contribution is 2.29. The molecule has 28 heavy (non-hydrogen) atoms. The molecule has 0 radical (unpaired) electrons. The van der Waals surface area contributed by atoms with Crippen molar-refractivity contribution in [3.63, 3.8) is 0 Å². The number of aryl methyl sites for hydroxylation is 2. The Hall–Kier alpha value is -2.64. The van der Waals surface area contributed by atoms with Gasteiger partial charge in [0.15, 0.2) is 0 Å². The smallest absolute Gasteiger partial charge is 0.339 e. The van der Waals surface area contributed by atoms with Crippen molar-refractivity contribution in [1.29, 1.82) is 0 Å². The maximum absolute atomic E-state index is 12.7. The Morgan fingerprint density at radius 2 is 1.93 bits per heavy atom. The molecule has 5 nitrogen and oxygen atoms in total. The summed E-state index contributed by atoms with van der Waals surface area (Å²) in [5, 5.41) is 4.77. The largest absolute Gasteiger partial charge is 0.455 e. The lowest BCUT2D eigenvalue weighted by Crippen LogP contribution is -2.06. The van der Waals surface area contributed by atoms with Crippen molar-refractivity contribution < 1.29 is 14.1 Å². The molecule has 0 bridgehead atoms. The van der Waals surface area contributed by atoms with Crippen molar-refractivity contribution in [2.75, 3.05) is 0 Å². The molecule has 2 aromatic carbocycles. The first-order valence-electron chi connectivity index (χ1n) is 8.77. The van der Waals surface area contributed by atoms with Crippen LogP contribution in [0.4, 0.5) is 0 Å². The van der Waals surface area contributed by atoms with Gasteiger partial charge >= 0.3 is 5.97 Å². The van der Waals surface area contributed by atoms with Gasteiger partial charge in [-0.05, 0) is 38.1 Å². The van der Waals surface area contributed by atoms with Gasteiger partial charge in [0, 0.05) is 16.2 Å². The zero-order valence-corrected chi connectivity index (χ0v) is 17.1. The molecule has 2 aromatic heterocycles. The number of benzene rings is 2. The minimum Gasteiger partial charge on any atom is -0.455 e. The first kappa shape index (κ1) is 18.7. The van der Waals surface area contributed by atoms with Gasteiger partial charge in [-0.15, -0.1) is 23.1 Å². The Kier molecular flexibility index (Phi) is 5.45. The molecule has 0 saturated heterocycles. The van der Waals surface area contributed by atoms with E-state index < -0.39 is 0 Å². The number of carbonyl (C=O) groups is 1. The third-order valence-electron chi connectivity index (χ3n) is 4.33. The highest BCUT2D eigenvalue weighted by atomic mass is 32.2. The summed E-state index contributed by atoms with van der Waals surface area (Å²) >= 11 is 3.11. The lowest BCUT2D eigenvalue weighted by molar-refractivity contribution is 0.0468. The highest BCUT2D eigenvalue weighted by Gasteiger charge is 2.16. The van der Waals surface area contributed by atoms with E-state index in [1.807, 2.05) is 56.3 Å². The molecule has 0 saturated carbocycles. The lowest BCUT2D eigenvalue weighted by Gasteiger charge is -2.08. The van der Waals surface area contributed by atoms with E-state index in [4.69, 9.17) is 9.26 Å². The third kappa shape index (κ3) is 3.95. The van der Waals surface area contributed by atoms with Crippen LogP contribution >= 0.6 is 23.1 Å². The molecule has 0 aliphatic carbocycles. The fourth-order valence-electron chi connectivity index (χ4n) is 2.81. The number of carbonyl (C=O) groups excluding carboxylic acids is 1. The zero-order valence-electron chi connectivity index (χ0n) is 15.5. The Morgan fingerprint density at radius 1 is 1.14 bits per heavy atom. The van der Waals surface area contributed by atoms with Crippen molar-refractivity contribution in [2.45, 2.75) is 31.1 Å². The molecule has 7 heteroatoms. The zero-order chi connectivity index (χ0) is 19.5. The normalized spacial score (nSPS) is 11.1. The topological polar surface area (TPSA) is 65.2 Å². The molecule has 0 N–H and O–H groups in total. The van der Waals surface area contributed by atoms with Crippen LogP contribution in [0.15, 0.2) is 57.9 Å². The summed E-state index contributed by atoms with van der Waals surface area (Å²) in [4.78, 5) is 18.0. The van der Waals surface area contributed by atoms with Crippen LogP contribution in [0.3, 0.4) is 0 Å². The van der Waals surface area contributed by atoms with E-state index in [1.54, 1.807) is 17.8 Å². The van der Waals surface area contributed by atoms with Gasteiger partial charge in [-0.3, -0.25) is 0 Å². The van der Waals surface area contributed by atoms with Crippen LogP contribution in [0, 0.1) is 13.8 Å². The second kappa shape index (κ2) is 8.16. The summed E-state index contributed by atoms with van der Waals surface area (Å²) in [5.41, 5.74) is 3.41. The number of rotatable bonds is 6. The van der Waals surface area contributed by atoms with E-state index in [0.29, 0.717) is 11.3 Å². The van der Waals surface area contributed by atoms with E-state index in [9.17, 15) is 4.79 Å². The summed E-state index contributed by atoms with van der Waals surface area (Å²) in [5.74, 6) is 1.14. The molecule has 2 heterocycles. The van der Waals surface area contributed by atoms with E-state index >= 15 is 0 Å². The van der Waals surface area contributed by atoms with E-state index in [0.717, 1.165) is 37.1 Å². The predicted octanol–water partition coefficient (Wildman–Crippen LogP) is 5.55. The summed E-state index contributed by atoms with van der Waals surface area (Å²) < 4.78 is 11.8. The molecule has 142 valence electrons. The van der Waals surface area contributed by atoms with Gasteiger partial charge in [0.05, 0.1) is 21.5 Å². The van der Waals surface area contributed by atoms with Gasteiger partial charge in [-0.1, -0.05) is 29.4 Å². The van der Waals surface area contributed by atoms with Crippen molar-refractivity contribution in [3.8, 4) is 0 Å². The third-order valence-corrected chi connectivity index (χ3v) is 6.44. The lowest BCUT2D eigenvalue weighted by atomic mass is 10.2. The second-order valence-electron chi connectivity index (χ2n) is 6.24. The summed E-state index contributed by atoms with van der Waals surface area (Å²) in [6.07, 6.45) is 0. The van der Waals surface area contributed by atoms with Gasteiger partial charge in [0.25, 0.3) is 0 Å². The van der Waals surface area contributed by atoms with Crippen molar-refractivity contribution in [1.82, 2.24) is 10.1 Å². The molecule has 4 rings (SSSR count). The highest BCUT2D eigenvalue weighted by molar-refractivity contribution is 7.98. The number of thiazole rings is 1. The average molecular weight is 411 g/mol. The first-order valence-corrected chi connectivity index (χ1v) is 10.6. The Labute approximate surface area is 170 Å². The summed E-state index contributed by atoms with van der Waals surface area (Å²) in [6.45, 7) is 3.99. The monoisotopic (exact) mass is 410 g/mol. The van der Waals surface area contributed by atoms with Crippen LogP contribution in [-0.2, 0) is 17.1 Å². The summed E-state index contributed by atoms with van der Waals surface area (Å²) in [7, 11) is 0. The van der Waals surface area contributed by atoms with Gasteiger partial charge in [-0.25, -0.2) is 9.78 Å². The fraction of sp³-hybridized carbons (Fsp3) is 0.190. The molecule has 4 aromatic rings. The molecular formula is C21H18N2O3S2. The quantitative estimate of drug-likeness (QED) is 0.307. The molecule has 0 atom stereocenters. The first-order chi connectivity index (χ1) is 13.6. The van der Waals surface area contributed by atoms with E-state index in [1.165, 1.54) is 11.3 Å². The maximum Gasteiger partial charge on any atom is 0.339 e. The molecule has 0 fully saturated rings. The van der Waals surface area contributed by atoms with E-state index in [-0.39, 0.29) is 12.6 Å². The standard InChI is InChI=1S/C21H18N2O3S2/c1-13-16(14(2)26-23-13)12-27-18-9-5-3-7-15(18)21(24)25-11-20-22-17-8-4-6-10-19(17)28-20/h3-10H,11-12H2,1-2H3. The number of hydrogen-bond donors (Lipinski definition) is 0. The maximum atomic E-state index is 12.7. The number of esters is 1. The Balaban J connectivity index is 1.45. The number of thioether (sulfide) groups is 1. The Morgan fingerprint density at radius 3 is 2.71 bits per heavy atom. The van der Waals surface area contributed by atoms with Gasteiger partial charge in [-0.2, -0.15) is 0 Å². The van der Waals surface area contributed by atoms with E-state index in [2.05, 4.69) is 10.1 Å². The minimum absolute atomic E-state index is 0.168. The number of hydrogen-bond acceptors (Lipinski definition) is 7. The molecule has 0 amide bonds. The number of para-hydroxylation sites is 1. The van der Waals surface area contributed by atoms with Gasteiger partial charge < -0.3 is 9.26 Å². The van der Waals surface area contributed by atoms with Gasteiger partial charge in [0.2, 0.25) is 0 Å². The molecular weight excluding hydrogens is 392 g/mol. The molecule has 0 aliphatic rings. The predicted molar refractivity (Wildman–Crippen MR) is 111 cm³/mol. The Bertz CT molecular complexity index is 1080. The van der Waals surface area contributed by atoms with Crippen LogP contribution < -0.4 is 0 Å². The number of nitrogens with zero attached hydrogens (tertiary/aromatic N) is 2. The summed E-state index contributed by atoms with van der Waals surface area (Å²) in [6, 6.07) is 15.4. The second-order valence-corrected chi connectivity index (χ2v) is 8.37. The minimum atomic E-state index is -0.346.